The summed E-state index contributed by atoms with van der Waals surface area (Å²) >= 11 is 0. The molecule has 0 amide bonds. The Morgan fingerprint density at radius 1 is 1.56 bits per heavy atom. The van der Waals surface area contributed by atoms with Crippen LogP contribution >= 0.6 is 0 Å². The van der Waals surface area contributed by atoms with Crippen LogP contribution in [0, 0.1) is 6.92 Å². The highest BCUT2D eigenvalue weighted by Gasteiger charge is 2.33. The van der Waals surface area contributed by atoms with Crippen molar-refractivity contribution in [3.05, 3.63) is 11.3 Å². The molecule has 0 fully saturated rings. The number of carboxylic acids is 1. The van der Waals surface area contributed by atoms with Gasteiger partial charge >= 0.3 is 5.97 Å². The summed E-state index contributed by atoms with van der Waals surface area (Å²) in [6.07, 6.45) is 0. The summed E-state index contributed by atoms with van der Waals surface area (Å²) in [5, 5.41) is 13.5. The smallest absolute Gasteiger partial charge is 0.323 e. The molecule has 6 nitrogen and oxygen atoms in total. The van der Waals surface area contributed by atoms with Crippen LogP contribution in [0.15, 0.2) is 0 Å². The van der Waals surface area contributed by atoms with Gasteiger partial charge in [-0.2, -0.15) is 5.10 Å². The van der Waals surface area contributed by atoms with Gasteiger partial charge in [0.25, 0.3) is 0 Å². The maximum atomic E-state index is 11.2. The predicted molar refractivity (Wildman–Crippen MR) is 67.7 cm³/mol. The fourth-order valence-corrected chi connectivity index (χ4v) is 1.72. The number of carboxylic acid groups (broad SMARTS) is 1. The van der Waals surface area contributed by atoms with Gasteiger partial charge in [-0.15, -0.1) is 0 Å². The quantitative estimate of drug-likeness (QED) is 0.851. The van der Waals surface area contributed by atoms with Gasteiger partial charge in [0, 0.05) is 13.6 Å². The van der Waals surface area contributed by atoms with Crippen LogP contribution in [-0.4, -0.2) is 45.5 Å². The fraction of sp³-hybridized carbons (Fsp3) is 0.667. The SMILES string of the molecule is COc1c(CN(C)C(C)(C)C(=O)O)c(C)nn1C. The van der Waals surface area contributed by atoms with Gasteiger partial charge in [-0.3, -0.25) is 9.69 Å². The first-order valence-corrected chi connectivity index (χ1v) is 5.73. The minimum Gasteiger partial charge on any atom is -0.481 e. The number of aromatic nitrogens is 2. The third-order valence-electron chi connectivity index (χ3n) is 3.36. The molecule has 1 aromatic rings. The second-order valence-corrected chi connectivity index (χ2v) is 4.92. The number of nitrogens with zero attached hydrogens (tertiary/aromatic N) is 3. The highest BCUT2D eigenvalue weighted by Crippen LogP contribution is 2.25. The molecule has 0 atom stereocenters. The number of hydrogen-bond donors (Lipinski definition) is 1. The molecule has 1 heterocycles. The summed E-state index contributed by atoms with van der Waals surface area (Å²) < 4.78 is 6.96. The molecule has 0 saturated heterocycles. The number of rotatable bonds is 5. The minimum absolute atomic E-state index is 0.474. The lowest BCUT2D eigenvalue weighted by atomic mass is 10.0. The Balaban J connectivity index is 3.02. The van der Waals surface area contributed by atoms with E-state index in [2.05, 4.69) is 5.10 Å². The molecule has 1 aromatic heterocycles. The van der Waals surface area contributed by atoms with Gasteiger partial charge in [0.15, 0.2) is 0 Å². The van der Waals surface area contributed by atoms with Gasteiger partial charge in [-0.05, 0) is 27.8 Å². The molecule has 0 aliphatic heterocycles. The van der Waals surface area contributed by atoms with Crippen LogP contribution in [0.1, 0.15) is 25.1 Å². The molecule has 0 saturated carbocycles. The van der Waals surface area contributed by atoms with Gasteiger partial charge in [-0.25, -0.2) is 4.68 Å². The number of carbonyl (C=O) groups is 1. The van der Waals surface area contributed by atoms with Gasteiger partial charge in [0.1, 0.15) is 5.54 Å². The monoisotopic (exact) mass is 255 g/mol. The van der Waals surface area contributed by atoms with Gasteiger partial charge in [0.2, 0.25) is 5.88 Å². The van der Waals surface area contributed by atoms with E-state index in [4.69, 9.17) is 4.74 Å². The Hall–Kier alpha value is -1.56. The molecule has 0 bridgehead atoms. The topological polar surface area (TPSA) is 67.6 Å². The molecular weight excluding hydrogens is 234 g/mol. The summed E-state index contributed by atoms with van der Waals surface area (Å²) in [5.74, 6) is -0.189. The van der Waals surface area contributed by atoms with E-state index in [0.717, 1.165) is 11.3 Å². The second kappa shape index (κ2) is 4.97. The Bertz CT molecular complexity index is 452. The van der Waals surface area contributed by atoms with Gasteiger partial charge in [-0.1, -0.05) is 0 Å². The van der Waals surface area contributed by atoms with Crippen LogP contribution in [-0.2, 0) is 18.4 Å². The van der Waals surface area contributed by atoms with E-state index in [-0.39, 0.29) is 0 Å². The van der Waals surface area contributed by atoms with Crippen molar-refractivity contribution in [2.75, 3.05) is 14.2 Å². The van der Waals surface area contributed by atoms with Crippen molar-refractivity contribution >= 4 is 5.97 Å². The lowest BCUT2D eigenvalue weighted by Crippen LogP contribution is -2.47. The van der Waals surface area contributed by atoms with Crippen LogP contribution in [0.2, 0.25) is 0 Å². The number of likely N-dealkylation sites (N-methyl/N-ethyl adjacent to an activating group) is 1. The maximum absolute atomic E-state index is 11.2. The van der Waals surface area contributed by atoms with Crippen molar-refractivity contribution in [3.63, 3.8) is 0 Å². The highest BCUT2D eigenvalue weighted by molar-refractivity contribution is 5.77. The maximum Gasteiger partial charge on any atom is 0.323 e. The third-order valence-corrected chi connectivity index (χ3v) is 3.36. The second-order valence-electron chi connectivity index (χ2n) is 4.92. The molecule has 1 N–H and O–H groups in total. The van der Waals surface area contributed by atoms with Crippen LogP contribution in [0.25, 0.3) is 0 Å². The summed E-state index contributed by atoms with van der Waals surface area (Å²) in [5.41, 5.74) is 0.826. The normalized spacial score (nSPS) is 11.9. The number of methoxy groups -OCH3 is 1. The first-order chi connectivity index (χ1) is 8.21. The molecule has 0 unspecified atom stereocenters. The number of hydrogen-bond acceptors (Lipinski definition) is 4. The molecule has 0 aliphatic rings. The molecule has 0 radical (unpaired) electrons. The largest absolute Gasteiger partial charge is 0.481 e. The van der Waals surface area contributed by atoms with E-state index in [1.165, 1.54) is 0 Å². The Kier molecular flexibility index (Phi) is 4.01. The third kappa shape index (κ3) is 2.48. The average molecular weight is 255 g/mol. The lowest BCUT2D eigenvalue weighted by Gasteiger charge is -2.31. The standard InChI is InChI=1S/C12H21N3O3/c1-8-9(10(18-6)15(5)13-8)7-14(4)12(2,3)11(16)17/h7H2,1-6H3,(H,16,17). The fourth-order valence-electron chi connectivity index (χ4n) is 1.72. The molecule has 0 spiro atoms. The van der Waals surface area contributed by atoms with Crippen molar-refractivity contribution < 1.29 is 14.6 Å². The summed E-state index contributed by atoms with van der Waals surface area (Å²) in [4.78, 5) is 13.0. The van der Waals surface area contributed by atoms with Crippen molar-refractivity contribution in [1.29, 1.82) is 0 Å². The van der Waals surface area contributed by atoms with Gasteiger partial charge < -0.3 is 9.84 Å². The van der Waals surface area contributed by atoms with Crippen LogP contribution in [0.4, 0.5) is 0 Å². The number of aryl methyl sites for hydroxylation is 2. The van der Waals surface area contributed by atoms with E-state index < -0.39 is 11.5 Å². The zero-order chi connectivity index (χ0) is 14.1. The van der Waals surface area contributed by atoms with Crippen LogP contribution in [0.3, 0.4) is 0 Å². The molecule has 1 rings (SSSR count). The Morgan fingerprint density at radius 2 is 2.11 bits per heavy atom. The number of ether oxygens (including phenoxy) is 1. The molecule has 0 aliphatic carbocycles. The highest BCUT2D eigenvalue weighted by atomic mass is 16.5. The number of aliphatic carboxylic acids is 1. The predicted octanol–water partition coefficient (Wildman–Crippen LogP) is 1.03. The first-order valence-electron chi connectivity index (χ1n) is 5.73. The average Bonchev–Trinajstić information content (AvgIpc) is 2.53. The molecule has 18 heavy (non-hydrogen) atoms. The van der Waals surface area contributed by atoms with E-state index in [0.29, 0.717) is 12.4 Å². The van der Waals surface area contributed by atoms with Gasteiger partial charge in [0.05, 0.1) is 18.4 Å². The van der Waals surface area contributed by atoms with E-state index in [9.17, 15) is 9.90 Å². The van der Waals surface area contributed by atoms with Crippen molar-refractivity contribution in [2.24, 2.45) is 7.05 Å². The van der Waals surface area contributed by atoms with E-state index in [1.54, 1.807) is 44.6 Å². The zero-order valence-electron chi connectivity index (χ0n) is 11.8. The van der Waals surface area contributed by atoms with Crippen molar-refractivity contribution in [1.82, 2.24) is 14.7 Å². The summed E-state index contributed by atoms with van der Waals surface area (Å²) in [7, 11) is 5.17. The van der Waals surface area contributed by atoms with E-state index >= 15 is 0 Å². The lowest BCUT2D eigenvalue weighted by molar-refractivity contribution is -0.148. The Morgan fingerprint density at radius 3 is 2.56 bits per heavy atom. The van der Waals surface area contributed by atoms with Crippen LogP contribution < -0.4 is 4.74 Å². The molecule has 6 heteroatoms. The van der Waals surface area contributed by atoms with Crippen LogP contribution in [0.5, 0.6) is 5.88 Å². The minimum atomic E-state index is -0.937. The summed E-state index contributed by atoms with van der Waals surface area (Å²) in [6.45, 7) is 5.71. The van der Waals surface area contributed by atoms with Crippen molar-refractivity contribution in [2.45, 2.75) is 32.9 Å². The molecular formula is C12H21N3O3. The molecule has 102 valence electrons. The summed E-state index contributed by atoms with van der Waals surface area (Å²) in [6, 6.07) is 0. The molecule has 0 aromatic carbocycles. The van der Waals surface area contributed by atoms with E-state index in [1.807, 2.05) is 6.92 Å². The zero-order valence-corrected chi connectivity index (χ0v) is 11.8. The Labute approximate surface area is 107 Å². The first kappa shape index (κ1) is 14.5. The van der Waals surface area contributed by atoms with Crippen molar-refractivity contribution in [3.8, 4) is 5.88 Å².